The maximum absolute atomic E-state index is 6.42. The van der Waals surface area contributed by atoms with Crippen molar-refractivity contribution in [2.45, 2.75) is 0 Å². The maximum atomic E-state index is 6.42. The quantitative estimate of drug-likeness (QED) is 0.233. The molecule has 7 aromatic rings. The number of ether oxygens (including phenoxy) is 2. The maximum Gasteiger partial charge on any atom is 0.171 e. The van der Waals surface area contributed by atoms with E-state index in [0.29, 0.717) is 23.1 Å². The summed E-state index contributed by atoms with van der Waals surface area (Å²) in [6.07, 6.45) is 0. The Morgan fingerprint density at radius 1 is 0.436 bits per heavy atom. The lowest BCUT2D eigenvalue weighted by Gasteiger charge is -2.21. The Bertz CT molecular complexity index is 1960. The molecule has 4 nitrogen and oxygen atoms in total. The highest BCUT2D eigenvalue weighted by atomic mass is 32.1. The van der Waals surface area contributed by atoms with Crippen molar-refractivity contribution in [2.75, 3.05) is 0 Å². The standard InChI is InChI=1S/C34H20N2O2S/c1-3-9-21(10-4-1)26-19-27(22-11-5-2-6-12-22)36-34(35-26)23-15-16-28-29(17-23)38-30-18-25-24-13-7-8-14-32(24)39-33(25)20-31(30)37-28/h1-20H. The molecule has 0 spiro atoms. The molecule has 1 aliphatic heterocycles. The van der Waals surface area contributed by atoms with E-state index in [1.807, 2.05) is 60.7 Å². The van der Waals surface area contributed by atoms with Gasteiger partial charge in [0.1, 0.15) is 0 Å². The number of aromatic nitrogens is 2. The van der Waals surface area contributed by atoms with Gasteiger partial charge in [-0.05, 0) is 36.4 Å². The lowest BCUT2D eigenvalue weighted by Crippen LogP contribution is -2.00. The highest BCUT2D eigenvalue weighted by molar-refractivity contribution is 7.25. The number of fused-ring (bicyclic) bond motifs is 5. The van der Waals surface area contributed by atoms with Crippen LogP contribution in [0.25, 0.3) is 54.1 Å². The average Bonchev–Trinajstić information content (AvgIpc) is 3.36. The summed E-state index contributed by atoms with van der Waals surface area (Å²) in [5, 5.41) is 2.40. The molecule has 5 aromatic carbocycles. The van der Waals surface area contributed by atoms with Gasteiger partial charge in [0.2, 0.25) is 0 Å². The second-order valence-corrected chi connectivity index (χ2v) is 10.5. The van der Waals surface area contributed by atoms with E-state index in [1.165, 1.54) is 20.2 Å². The molecule has 1 aliphatic rings. The fraction of sp³-hybridized carbons (Fsp3) is 0. The summed E-state index contributed by atoms with van der Waals surface area (Å²) in [6, 6.07) is 40.9. The molecule has 0 radical (unpaired) electrons. The number of rotatable bonds is 3. The van der Waals surface area contributed by atoms with Gasteiger partial charge in [-0.1, -0.05) is 78.9 Å². The minimum atomic E-state index is 0.631. The first-order chi connectivity index (χ1) is 19.3. The van der Waals surface area contributed by atoms with Crippen LogP contribution < -0.4 is 9.47 Å². The minimum Gasteiger partial charge on any atom is -0.449 e. The van der Waals surface area contributed by atoms with E-state index in [-0.39, 0.29) is 0 Å². The van der Waals surface area contributed by atoms with Crippen molar-refractivity contribution in [3.63, 3.8) is 0 Å². The van der Waals surface area contributed by atoms with Crippen molar-refractivity contribution >= 4 is 31.5 Å². The van der Waals surface area contributed by atoms with E-state index in [9.17, 15) is 0 Å². The third-order valence-electron chi connectivity index (χ3n) is 6.95. The van der Waals surface area contributed by atoms with E-state index >= 15 is 0 Å². The molecule has 0 unspecified atom stereocenters. The molecular weight excluding hydrogens is 500 g/mol. The van der Waals surface area contributed by atoms with Gasteiger partial charge in [0, 0.05) is 42.9 Å². The first-order valence-electron chi connectivity index (χ1n) is 12.7. The van der Waals surface area contributed by atoms with Crippen molar-refractivity contribution in [2.24, 2.45) is 0 Å². The predicted molar refractivity (Wildman–Crippen MR) is 158 cm³/mol. The van der Waals surface area contributed by atoms with Gasteiger partial charge < -0.3 is 9.47 Å². The lowest BCUT2D eigenvalue weighted by atomic mass is 10.1. The molecule has 3 heterocycles. The normalized spacial score (nSPS) is 12.0. The van der Waals surface area contributed by atoms with Crippen molar-refractivity contribution in [1.82, 2.24) is 9.97 Å². The van der Waals surface area contributed by atoms with Crippen molar-refractivity contribution in [3.8, 4) is 56.9 Å². The van der Waals surface area contributed by atoms with Crippen LogP contribution >= 0.6 is 11.3 Å². The van der Waals surface area contributed by atoms with Crippen LogP contribution in [-0.2, 0) is 0 Å². The van der Waals surface area contributed by atoms with Crippen LogP contribution in [-0.4, -0.2) is 9.97 Å². The van der Waals surface area contributed by atoms with E-state index in [4.69, 9.17) is 19.4 Å². The highest BCUT2D eigenvalue weighted by Gasteiger charge is 2.22. The monoisotopic (exact) mass is 520 g/mol. The summed E-state index contributed by atoms with van der Waals surface area (Å²) in [5.74, 6) is 3.39. The SMILES string of the molecule is c1ccc(-c2cc(-c3ccccc3)nc(-c3ccc4c(c3)Oc3cc5c(cc3O4)sc3ccccc35)n2)cc1. The zero-order valence-corrected chi connectivity index (χ0v) is 21.5. The molecule has 0 N–H and O–H groups in total. The first kappa shape index (κ1) is 22.0. The number of hydrogen-bond acceptors (Lipinski definition) is 5. The molecule has 0 fully saturated rings. The Hall–Kier alpha value is -5.00. The Morgan fingerprint density at radius 2 is 1.05 bits per heavy atom. The van der Waals surface area contributed by atoms with Gasteiger partial charge in [0.15, 0.2) is 28.8 Å². The third-order valence-corrected chi connectivity index (χ3v) is 8.08. The molecule has 39 heavy (non-hydrogen) atoms. The average molecular weight is 521 g/mol. The summed E-state index contributed by atoms with van der Waals surface area (Å²) in [6.45, 7) is 0. The Balaban J connectivity index is 1.23. The second-order valence-electron chi connectivity index (χ2n) is 9.45. The van der Waals surface area contributed by atoms with Crippen molar-refractivity contribution in [3.05, 3.63) is 121 Å². The Labute approximate surface area is 228 Å². The van der Waals surface area contributed by atoms with Gasteiger partial charge in [0.25, 0.3) is 0 Å². The summed E-state index contributed by atoms with van der Waals surface area (Å²) < 4.78 is 15.1. The molecule has 0 saturated heterocycles. The van der Waals surface area contributed by atoms with Crippen LogP contribution in [0, 0.1) is 0 Å². The molecule has 0 atom stereocenters. The largest absolute Gasteiger partial charge is 0.449 e. The van der Waals surface area contributed by atoms with Gasteiger partial charge in [-0.15, -0.1) is 11.3 Å². The van der Waals surface area contributed by atoms with Gasteiger partial charge >= 0.3 is 0 Å². The minimum absolute atomic E-state index is 0.631. The predicted octanol–water partition coefficient (Wildman–Crippen LogP) is 9.74. The molecule has 0 bridgehead atoms. The second kappa shape index (κ2) is 8.79. The smallest absolute Gasteiger partial charge is 0.171 e. The fourth-order valence-corrected chi connectivity index (χ4v) is 6.15. The van der Waals surface area contributed by atoms with Gasteiger partial charge in [0.05, 0.1) is 11.4 Å². The molecular formula is C34H20N2O2S. The van der Waals surface area contributed by atoms with Crippen LogP contribution in [0.1, 0.15) is 0 Å². The number of thiophene rings is 1. The zero-order valence-electron chi connectivity index (χ0n) is 20.7. The molecule has 0 saturated carbocycles. The third kappa shape index (κ3) is 3.83. The number of benzene rings is 5. The molecule has 0 amide bonds. The van der Waals surface area contributed by atoms with Crippen LogP contribution in [0.15, 0.2) is 121 Å². The molecule has 184 valence electrons. The fourth-order valence-electron chi connectivity index (χ4n) is 5.03. The summed E-state index contributed by atoms with van der Waals surface area (Å²) in [5.41, 5.74) is 4.67. The molecule has 2 aromatic heterocycles. The molecule has 8 rings (SSSR count). The van der Waals surface area contributed by atoms with Crippen LogP contribution in [0.2, 0.25) is 0 Å². The van der Waals surface area contributed by atoms with E-state index < -0.39 is 0 Å². The van der Waals surface area contributed by atoms with Crippen molar-refractivity contribution < 1.29 is 9.47 Å². The van der Waals surface area contributed by atoms with E-state index in [2.05, 4.69) is 60.7 Å². The first-order valence-corrected chi connectivity index (χ1v) is 13.6. The Morgan fingerprint density at radius 3 is 1.79 bits per heavy atom. The van der Waals surface area contributed by atoms with Gasteiger partial charge in [-0.2, -0.15) is 0 Å². The van der Waals surface area contributed by atoms with Crippen molar-refractivity contribution in [1.29, 1.82) is 0 Å². The van der Waals surface area contributed by atoms with E-state index in [0.717, 1.165) is 33.8 Å². The van der Waals surface area contributed by atoms with Gasteiger partial charge in [-0.3, -0.25) is 0 Å². The van der Waals surface area contributed by atoms with Crippen LogP contribution in [0.4, 0.5) is 0 Å². The van der Waals surface area contributed by atoms with Gasteiger partial charge in [-0.25, -0.2) is 9.97 Å². The molecule has 5 heteroatoms. The number of hydrogen-bond donors (Lipinski definition) is 0. The lowest BCUT2D eigenvalue weighted by molar-refractivity contribution is 0.360. The summed E-state index contributed by atoms with van der Waals surface area (Å²) >= 11 is 1.76. The highest BCUT2D eigenvalue weighted by Crippen LogP contribution is 2.49. The summed E-state index contributed by atoms with van der Waals surface area (Å²) in [7, 11) is 0. The topological polar surface area (TPSA) is 44.2 Å². The number of nitrogens with zero attached hydrogens (tertiary/aromatic N) is 2. The Kier molecular flexibility index (Phi) is 4.96. The van der Waals surface area contributed by atoms with Crippen LogP contribution in [0.3, 0.4) is 0 Å². The zero-order chi connectivity index (χ0) is 25.8. The van der Waals surface area contributed by atoms with E-state index in [1.54, 1.807) is 11.3 Å². The molecule has 0 aliphatic carbocycles. The van der Waals surface area contributed by atoms with Crippen LogP contribution in [0.5, 0.6) is 23.0 Å². The summed E-state index contributed by atoms with van der Waals surface area (Å²) in [4.78, 5) is 9.91.